The van der Waals surface area contributed by atoms with E-state index < -0.39 is 10.9 Å². The lowest BCUT2D eigenvalue weighted by Crippen LogP contribution is -2.06. The lowest BCUT2D eigenvalue weighted by molar-refractivity contribution is -0.384. The van der Waals surface area contributed by atoms with Crippen LogP contribution in [0.4, 0.5) is 5.69 Å². The van der Waals surface area contributed by atoms with Crippen LogP contribution in [0.25, 0.3) is 6.08 Å². The number of rotatable bonds is 8. The van der Waals surface area contributed by atoms with Crippen molar-refractivity contribution in [1.82, 2.24) is 0 Å². The predicted octanol–water partition coefficient (Wildman–Crippen LogP) is 7.10. The summed E-state index contributed by atoms with van der Waals surface area (Å²) in [5.41, 5.74) is 1.71. The number of hydrogen-bond acceptors (Lipinski definition) is 7. The fourth-order valence-corrected chi connectivity index (χ4v) is 4.54. The number of halogens is 3. The molecule has 0 aromatic heterocycles. The van der Waals surface area contributed by atoms with Crippen molar-refractivity contribution >= 4 is 67.1 Å². The average Bonchev–Trinajstić information content (AvgIpc) is 3.19. The van der Waals surface area contributed by atoms with Gasteiger partial charge in [-0.15, -0.1) is 0 Å². The van der Waals surface area contributed by atoms with Crippen LogP contribution in [0.15, 0.2) is 74.2 Å². The fourth-order valence-electron chi connectivity index (χ4n) is 3.31. The molecule has 0 saturated heterocycles. The molecule has 1 aliphatic heterocycles. The molecule has 0 atom stereocenters. The summed E-state index contributed by atoms with van der Waals surface area (Å²) in [5.74, 6) is 0.289. The highest BCUT2D eigenvalue weighted by molar-refractivity contribution is 9.10. The number of cyclic esters (lactones) is 1. The van der Waals surface area contributed by atoms with Crippen molar-refractivity contribution in [3.05, 3.63) is 101 Å². The van der Waals surface area contributed by atoms with E-state index in [1.165, 1.54) is 18.2 Å². The number of hydrogen-bond donors (Lipinski definition) is 0. The molecule has 184 valence electrons. The largest absolute Gasteiger partial charge is 0.490 e. The van der Waals surface area contributed by atoms with Crippen LogP contribution in [0.3, 0.4) is 0 Å². The number of ether oxygens (including phenoxy) is 3. The van der Waals surface area contributed by atoms with Gasteiger partial charge in [0.1, 0.15) is 6.61 Å². The molecule has 0 saturated carbocycles. The second-order valence-electron chi connectivity index (χ2n) is 7.40. The molecule has 1 aliphatic rings. The number of benzene rings is 3. The Morgan fingerprint density at radius 3 is 2.58 bits per heavy atom. The third kappa shape index (κ3) is 5.77. The number of nitro benzene ring substituents is 1. The van der Waals surface area contributed by atoms with Crippen LogP contribution in [0, 0.1) is 10.1 Å². The number of nitro groups is 1. The van der Waals surface area contributed by atoms with Crippen LogP contribution in [-0.4, -0.2) is 23.4 Å². The second kappa shape index (κ2) is 11.2. The minimum Gasteiger partial charge on any atom is -0.490 e. The van der Waals surface area contributed by atoms with Gasteiger partial charge in [-0.05, 0) is 58.8 Å². The standard InChI is InChI=1S/C25H17Br2ClN2O6/c1-2-34-22-11-14(9-19(27)23(22)35-13-15-5-3-4-6-18(15)26)10-21-25(31)36-24(29-21)17-8-7-16(30(32)33)12-20(17)28/h3-12H,2,13H2,1H3/b21-10-. The molecule has 1 heterocycles. The number of esters is 1. The van der Waals surface area contributed by atoms with E-state index in [0.29, 0.717) is 34.7 Å². The molecule has 0 aliphatic carbocycles. The summed E-state index contributed by atoms with van der Waals surface area (Å²) in [4.78, 5) is 27.1. The van der Waals surface area contributed by atoms with E-state index in [4.69, 9.17) is 25.8 Å². The Morgan fingerprint density at radius 2 is 1.89 bits per heavy atom. The first kappa shape index (κ1) is 25.9. The maximum absolute atomic E-state index is 12.5. The molecule has 3 aromatic carbocycles. The number of aliphatic imine (C=N–C) groups is 1. The number of nitrogens with zero attached hydrogens (tertiary/aromatic N) is 2. The SMILES string of the molecule is CCOc1cc(/C=C2\N=C(c3ccc([N+](=O)[O-])cc3Cl)OC2=O)cc(Br)c1OCc1ccccc1Br. The number of non-ortho nitro benzene ring substituents is 1. The molecule has 3 aromatic rings. The molecule has 0 radical (unpaired) electrons. The molecule has 0 amide bonds. The van der Waals surface area contributed by atoms with Gasteiger partial charge in [0.2, 0.25) is 5.90 Å². The lowest BCUT2D eigenvalue weighted by atomic mass is 10.1. The summed E-state index contributed by atoms with van der Waals surface area (Å²) in [7, 11) is 0. The maximum atomic E-state index is 12.5. The smallest absolute Gasteiger partial charge is 0.363 e. The predicted molar refractivity (Wildman–Crippen MR) is 142 cm³/mol. The Balaban J connectivity index is 1.63. The molecule has 4 rings (SSSR count). The summed E-state index contributed by atoms with van der Waals surface area (Å²) < 4.78 is 18.6. The molecule has 0 bridgehead atoms. The molecule has 0 fully saturated rings. The fraction of sp³-hybridized carbons (Fsp3) is 0.120. The van der Waals surface area contributed by atoms with Crippen LogP contribution < -0.4 is 9.47 Å². The first-order chi connectivity index (χ1) is 17.3. The average molecular weight is 637 g/mol. The van der Waals surface area contributed by atoms with Gasteiger partial charge in [-0.3, -0.25) is 10.1 Å². The van der Waals surface area contributed by atoms with Gasteiger partial charge in [-0.25, -0.2) is 9.79 Å². The summed E-state index contributed by atoms with van der Waals surface area (Å²) in [6, 6.07) is 15.1. The topological polar surface area (TPSA) is 100 Å². The van der Waals surface area contributed by atoms with E-state index >= 15 is 0 Å². The van der Waals surface area contributed by atoms with Gasteiger partial charge in [0.25, 0.3) is 5.69 Å². The minimum atomic E-state index is -0.678. The Hall–Kier alpha value is -3.21. The van der Waals surface area contributed by atoms with E-state index in [9.17, 15) is 14.9 Å². The molecule has 8 nitrogen and oxygen atoms in total. The summed E-state index contributed by atoms with van der Waals surface area (Å²) in [5, 5.41) is 11.0. The quantitative estimate of drug-likeness (QED) is 0.113. The Kier molecular flexibility index (Phi) is 8.07. The van der Waals surface area contributed by atoms with Gasteiger partial charge in [0.15, 0.2) is 17.2 Å². The van der Waals surface area contributed by atoms with Gasteiger partial charge in [-0.1, -0.05) is 45.7 Å². The van der Waals surface area contributed by atoms with Crippen molar-refractivity contribution < 1.29 is 23.9 Å². The van der Waals surface area contributed by atoms with Crippen molar-refractivity contribution in [3.63, 3.8) is 0 Å². The number of carbonyl (C=O) groups is 1. The Bertz CT molecular complexity index is 1420. The zero-order valence-electron chi connectivity index (χ0n) is 18.7. The first-order valence-electron chi connectivity index (χ1n) is 10.6. The third-order valence-corrected chi connectivity index (χ3v) is 6.65. The summed E-state index contributed by atoms with van der Waals surface area (Å²) in [6.07, 6.45) is 1.54. The molecule has 0 spiro atoms. The van der Waals surface area contributed by atoms with E-state index in [1.807, 2.05) is 31.2 Å². The van der Waals surface area contributed by atoms with Gasteiger partial charge in [0.05, 0.1) is 26.6 Å². The second-order valence-corrected chi connectivity index (χ2v) is 9.52. The monoisotopic (exact) mass is 634 g/mol. The van der Waals surface area contributed by atoms with Crippen molar-refractivity contribution in [2.45, 2.75) is 13.5 Å². The van der Waals surface area contributed by atoms with Gasteiger partial charge < -0.3 is 14.2 Å². The molecule has 11 heteroatoms. The van der Waals surface area contributed by atoms with E-state index in [-0.39, 0.29) is 27.9 Å². The third-order valence-electron chi connectivity index (χ3n) is 4.98. The van der Waals surface area contributed by atoms with Crippen molar-refractivity contribution in [2.24, 2.45) is 4.99 Å². The van der Waals surface area contributed by atoms with Crippen LogP contribution in [-0.2, 0) is 16.1 Å². The highest BCUT2D eigenvalue weighted by atomic mass is 79.9. The van der Waals surface area contributed by atoms with Crippen LogP contribution in [0.1, 0.15) is 23.6 Å². The van der Waals surface area contributed by atoms with Crippen molar-refractivity contribution in [3.8, 4) is 11.5 Å². The highest BCUT2D eigenvalue weighted by Gasteiger charge is 2.27. The molecular weight excluding hydrogens is 620 g/mol. The van der Waals surface area contributed by atoms with Crippen LogP contribution in [0.5, 0.6) is 11.5 Å². The van der Waals surface area contributed by atoms with Gasteiger partial charge >= 0.3 is 5.97 Å². The Labute approximate surface area is 227 Å². The normalized spacial score (nSPS) is 13.9. The highest BCUT2D eigenvalue weighted by Crippen LogP contribution is 2.39. The molecule has 0 unspecified atom stereocenters. The van der Waals surface area contributed by atoms with E-state index in [1.54, 1.807) is 18.2 Å². The van der Waals surface area contributed by atoms with Gasteiger partial charge in [0, 0.05) is 22.2 Å². The van der Waals surface area contributed by atoms with Crippen LogP contribution >= 0.6 is 43.5 Å². The van der Waals surface area contributed by atoms with Gasteiger partial charge in [-0.2, -0.15) is 0 Å². The summed E-state index contributed by atoms with van der Waals surface area (Å²) >= 11 is 13.2. The lowest BCUT2D eigenvalue weighted by Gasteiger charge is -2.15. The zero-order valence-corrected chi connectivity index (χ0v) is 22.6. The molecule has 0 N–H and O–H groups in total. The number of carbonyl (C=O) groups excluding carboxylic acids is 1. The Morgan fingerprint density at radius 1 is 1.11 bits per heavy atom. The first-order valence-corrected chi connectivity index (χ1v) is 12.5. The molecule has 36 heavy (non-hydrogen) atoms. The maximum Gasteiger partial charge on any atom is 0.363 e. The molecular formula is C25H17Br2ClN2O6. The van der Waals surface area contributed by atoms with Crippen molar-refractivity contribution in [1.29, 1.82) is 0 Å². The van der Waals surface area contributed by atoms with E-state index in [2.05, 4.69) is 36.9 Å². The minimum absolute atomic E-state index is 0.0376. The summed E-state index contributed by atoms with van der Waals surface area (Å²) in [6.45, 7) is 2.58. The van der Waals surface area contributed by atoms with Crippen molar-refractivity contribution in [2.75, 3.05) is 6.61 Å². The zero-order chi connectivity index (χ0) is 25.8. The van der Waals surface area contributed by atoms with Crippen LogP contribution in [0.2, 0.25) is 5.02 Å². The van der Waals surface area contributed by atoms with E-state index in [0.717, 1.165) is 10.0 Å².